The van der Waals surface area contributed by atoms with Crippen LogP contribution in [0.3, 0.4) is 0 Å². The molecule has 0 bridgehead atoms. The smallest absolute Gasteiger partial charge is 0.244 e. The van der Waals surface area contributed by atoms with Crippen molar-refractivity contribution in [1.82, 2.24) is 14.3 Å². The molecule has 8 heteroatoms. The third-order valence-corrected chi connectivity index (χ3v) is 6.35. The Bertz CT molecular complexity index is 1130. The summed E-state index contributed by atoms with van der Waals surface area (Å²) in [7, 11) is -3.84. The van der Waals surface area contributed by atoms with E-state index in [4.69, 9.17) is 0 Å². The zero-order valence-electron chi connectivity index (χ0n) is 17.7. The van der Waals surface area contributed by atoms with E-state index in [1.165, 1.54) is 0 Å². The van der Waals surface area contributed by atoms with Gasteiger partial charge in [0.05, 0.1) is 15.9 Å². The summed E-state index contributed by atoms with van der Waals surface area (Å²) in [5, 5.41) is 2.83. The van der Waals surface area contributed by atoms with Gasteiger partial charge in [0.15, 0.2) is 0 Å². The summed E-state index contributed by atoms with van der Waals surface area (Å²) in [5.74, 6) is 0.0999. The summed E-state index contributed by atoms with van der Waals surface area (Å²) < 4.78 is 30.2. The minimum atomic E-state index is -3.84. The summed E-state index contributed by atoms with van der Waals surface area (Å²) in [6.07, 6.45) is 0.364. The van der Waals surface area contributed by atoms with E-state index in [-0.39, 0.29) is 10.8 Å². The molecule has 1 atom stereocenters. The van der Waals surface area contributed by atoms with Crippen LogP contribution in [0, 0.1) is 12.8 Å². The van der Waals surface area contributed by atoms with E-state index < -0.39 is 22.0 Å². The number of aromatic nitrogens is 2. The van der Waals surface area contributed by atoms with Gasteiger partial charge in [0.2, 0.25) is 21.9 Å². The number of aryl methyl sites for hydroxylation is 2. The fourth-order valence-electron chi connectivity index (χ4n) is 3.34. The molecule has 1 aromatic heterocycles. The number of hydrogen-bond acceptors (Lipinski definition) is 4. The molecule has 0 spiro atoms. The molecule has 2 aromatic carbocycles. The summed E-state index contributed by atoms with van der Waals surface area (Å²) in [4.78, 5) is 17.7. The fraction of sp³-hybridized carbons (Fsp3) is 0.364. The summed E-state index contributed by atoms with van der Waals surface area (Å²) in [5.41, 5.74) is 2.65. The van der Waals surface area contributed by atoms with Crippen LogP contribution >= 0.6 is 0 Å². The van der Waals surface area contributed by atoms with Gasteiger partial charge >= 0.3 is 0 Å². The molecule has 2 N–H and O–H groups in total. The number of nitrogens with zero attached hydrogens (tertiary/aromatic N) is 2. The van der Waals surface area contributed by atoms with E-state index in [1.807, 2.05) is 56.5 Å². The number of sulfonamides is 1. The van der Waals surface area contributed by atoms with Crippen LogP contribution in [-0.4, -0.2) is 29.9 Å². The molecule has 0 saturated heterocycles. The minimum Gasteiger partial charge on any atom is -0.310 e. The molecule has 0 unspecified atom stereocenters. The van der Waals surface area contributed by atoms with Crippen molar-refractivity contribution >= 4 is 32.9 Å². The number of rotatable bonds is 8. The van der Waals surface area contributed by atoms with E-state index in [1.54, 1.807) is 24.3 Å². The van der Waals surface area contributed by atoms with Gasteiger partial charge < -0.3 is 4.57 Å². The van der Waals surface area contributed by atoms with E-state index in [9.17, 15) is 13.2 Å². The topological polar surface area (TPSA) is 93.1 Å². The highest BCUT2D eigenvalue weighted by Crippen LogP contribution is 2.20. The van der Waals surface area contributed by atoms with Gasteiger partial charge in [-0.05, 0) is 50.5 Å². The Kier molecular flexibility index (Phi) is 6.58. The van der Waals surface area contributed by atoms with Gasteiger partial charge in [-0.3, -0.25) is 10.1 Å². The standard InChI is InChI=1S/C22H28N4O3S/c1-5-26-20-9-7-6-8-18(20)23-22(26)24-21(27)19(14-15(2)3)25-30(28,29)17-12-10-16(4)11-13-17/h6-13,15,19,25H,5,14H2,1-4H3,(H,23,24,27)/t19-/m1/s1. The molecule has 0 radical (unpaired) electrons. The SMILES string of the molecule is CCn1c(NC(=O)[C@@H](CC(C)C)NS(=O)(=O)c2ccc(C)cc2)nc2ccccc21. The number of para-hydroxylation sites is 2. The first-order valence-corrected chi connectivity index (χ1v) is 11.5. The Morgan fingerprint density at radius 3 is 2.40 bits per heavy atom. The van der Waals surface area contributed by atoms with Crippen LogP contribution in [0.1, 0.15) is 32.8 Å². The van der Waals surface area contributed by atoms with Crippen molar-refractivity contribution in [3.05, 3.63) is 54.1 Å². The van der Waals surface area contributed by atoms with Gasteiger partial charge in [-0.2, -0.15) is 4.72 Å². The number of carbonyl (C=O) groups excluding carboxylic acids is 1. The third kappa shape index (κ3) is 4.88. The molecular weight excluding hydrogens is 400 g/mol. The van der Waals surface area contributed by atoms with Crippen LogP contribution < -0.4 is 10.0 Å². The number of benzene rings is 2. The predicted molar refractivity (Wildman–Crippen MR) is 119 cm³/mol. The average Bonchev–Trinajstić information content (AvgIpc) is 3.04. The van der Waals surface area contributed by atoms with E-state index in [0.29, 0.717) is 18.9 Å². The highest BCUT2D eigenvalue weighted by molar-refractivity contribution is 7.89. The number of imidazole rings is 1. The lowest BCUT2D eigenvalue weighted by molar-refractivity contribution is -0.118. The second-order valence-electron chi connectivity index (χ2n) is 7.77. The number of amides is 1. The monoisotopic (exact) mass is 428 g/mol. The Morgan fingerprint density at radius 2 is 1.77 bits per heavy atom. The minimum absolute atomic E-state index is 0.117. The molecule has 30 heavy (non-hydrogen) atoms. The number of anilines is 1. The number of fused-ring (bicyclic) bond motifs is 1. The van der Waals surface area contributed by atoms with Crippen molar-refractivity contribution in [1.29, 1.82) is 0 Å². The van der Waals surface area contributed by atoms with E-state index in [2.05, 4.69) is 15.0 Å². The van der Waals surface area contributed by atoms with Crippen LogP contribution in [0.5, 0.6) is 0 Å². The Morgan fingerprint density at radius 1 is 1.10 bits per heavy atom. The van der Waals surface area contributed by atoms with Crippen molar-refractivity contribution in [3.8, 4) is 0 Å². The second kappa shape index (κ2) is 8.97. The first kappa shape index (κ1) is 22.0. The maximum absolute atomic E-state index is 13.1. The van der Waals surface area contributed by atoms with Crippen molar-refractivity contribution < 1.29 is 13.2 Å². The van der Waals surface area contributed by atoms with E-state index in [0.717, 1.165) is 16.6 Å². The second-order valence-corrected chi connectivity index (χ2v) is 9.49. The molecule has 3 aromatic rings. The van der Waals surface area contributed by atoms with Gasteiger partial charge in [-0.1, -0.05) is 43.7 Å². The molecule has 0 aliphatic heterocycles. The number of carbonyl (C=O) groups is 1. The zero-order chi connectivity index (χ0) is 21.9. The van der Waals surface area contributed by atoms with Crippen LogP contribution in [0.2, 0.25) is 0 Å². The van der Waals surface area contributed by atoms with Crippen molar-refractivity contribution in [2.45, 2.75) is 51.6 Å². The summed E-state index contributed by atoms with van der Waals surface area (Å²) >= 11 is 0. The normalized spacial score (nSPS) is 13.0. The highest BCUT2D eigenvalue weighted by Gasteiger charge is 2.27. The van der Waals surface area contributed by atoms with Crippen molar-refractivity contribution in [2.75, 3.05) is 5.32 Å². The summed E-state index contributed by atoms with van der Waals surface area (Å²) in [6.45, 7) is 8.37. The zero-order valence-corrected chi connectivity index (χ0v) is 18.5. The highest BCUT2D eigenvalue weighted by atomic mass is 32.2. The average molecular weight is 429 g/mol. The predicted octanol–water partition coefficient (Wildman–Crippen LogP) is 3.70. The largest absolute Gasteiger partial charge is 0.310 e. The summed E-state index contributed by atoms with van der Waals surface area (Å²) in [6, 6.07) is 13.2. The Balaban J connectivity index is 1.87. The Hall–Kier alpha value is -2.71. The van der Waals surface area contributed by atoms with Gasteiger partial charge in [-0.15, -0.1) is 0 Å². The molecule has 1 heterocycles. The molecule has 7 nitrogen and oxygen atoms in total. The first-order chi connectivity index (χ1) is 14.2. The molecular formula is C22H28N4O3S. The number of nitrogens with one attached hydrogen (secondary N) is 2. The van der Waals surface area contributed by atoms with Crippen LogP contribution in [-0.2, 0) is 21.4 Å². The number of hydrogen-bond donors (Lipinski definition) is 2. The Labute approximate surface area is 177 Å². The van der Waals surface area contributed by atoms with Crippen molar-refractivity contribution in [3.63, 3.8) is 0 Å². The third-order valence-electron chi connectivity index (χ3n) is 4.86. The maximum Gasteiger partial charge on any atom is 0.244 e. The molecule has 0 saturated carbocycles. The van der Waals surface area contributed by atoms with Crippen LogP contribution in [0.15, 0.2) is 53.4 Å². The maximum atomic E-state index is 13.1. The quantitative estimate of drug-likeness (QED) is 0.572. The van der Waals surface area contributed by atoms with Gasteiger partial charge in [0, 0.05) is 6.54 Å². The van der Waals surface area contributed by atoms with Gasteiger partial charge in [0.25, 0.3) is 0 Å². The van der Waals surface area contributed by atoms with E-state index >= 15 is 0 Å². The molecule has 160 valence electrons. The molecule has 0 aliphatic carbocycles. The van der Waals surface area contributed by atoms with Crippen molar-refractivity contribution in [2.24, 2.45) is 5.92 Å². The lowest BCUT2D eigenvalue weighted by Crippen LogP contribution is -2.44. The molecule has 0 aliphatic rings. The molecule has 0 fully saturated rings. The first-order valence-electron chi connectivity index (χ1n) is 10.1. The lowest BCUT2D eigenvalue weighted by atomic mass is 10.0. The van der Waals surface area contributed by atoms with Gasteiger partial charge in [0.1, 0.15) is 6.04 Å². The van der Waals surface area contributed by atoms with Gasteiger partial charge in [-0.25, -0.2) is 13.4 Å². The molecule has 1 amide bonds. The lowest BCUT2D eigenvalue weighted by Gasteiger charge is -2.20. The molecule has 3 rings (SSSR count). The fourth-order valence-corrected chi connectivity index (χ4v) is 4.55. The van der Waals surface area contributed by atoms with Crippen LogP contribution in [0.4, 0.5) is 5.95 Å². The van der Waals surface area contributed by atoms with Crippen LogP contribution in [0.25, 0.3) is 11.0 Å².